The molecule has 2 heterocycles. The first-order chi connectivity index (χ1) is 20.2. The Morgan fingerprint density at radius 1 is 1.19 bits per heavy atom. The number of ether oxygens (including phenoxy) is 1. The molecule has 0 fully saturated rings. The number of anilines is 2. The van der Waals surface area contributed by atoms with Crippen LogP contribution in [0.15, 0.2) is 35.8 Å². The van der Waals surface area contributed by atoms with Gasteiger partial charge in [-0.2, -0.15) is 0 Å². The minimum Gasteiger partial charge on any atom is -0.491 e. The van der Waals surface area contributed by atoms with E-state index in [-0.39, 0.29) is 74.8 Å². The highest BCUT2D eigenvalue weighted by Crippen LogP contribution is 2.36. The highest BCUT2D eigenvalue weighted by Gasteiger charge is 2.25. The Morgan fingerprint density at radius 3 is 2.53 bits per heavy atom. The van der Waals surface area contributed by atoms with E-state index >= 15 is 0 Å². The maximum absolute atomic E-state index is 13.5. The molecule has 1 aromatic carbocycles. The molecule has 5 N–H and O–H groups in total. The highest BCUT2D eigenvalue weighted by molar-refractivity contribution is 7.79. The van der Waals surface area contributed by atoms with Gasteiger partial charge in [-0.3, -0.25) is 14.5 Å². The number of aliphatic hydroxyl groups is 1. The van der Waals surface area contributed by atoms with Crippen molar-refractivity contribution in [2.24, 2.45) is 5.92 Å². The van der Waals surface area contributed by atoms with Crippen molar-refractivity contribution in [3.8, 4) is 5.75 Å². The average molecular weight is 691 g/mol. The summed E-state index contributed by atoms with van der Waals surface area (Å²) in [7, 11) is 1.64. The molecule has 0 radical (unpaired) electrons. The van der Waals surface area contributed by atoms with Gasteiger partial charge in [-0.05, 0) is 55.5 Å². The second-order valence-electron chi connectivity index (χ2n) is 9.82. The molecule has 3 aromatic rings. The van der Waals surface area contributed by atoms with Crippen molar-refractivity contribution in [2.45, 2.75) is 32.9 Å². The summed E-state index contributed by atoms with van der Waals surface area (Å²) in [6, 6.07) is 5.88. The van der Waals surface area contributed by atoms with E-state index in [9.17, 15) is 18.9 Å². The molecule has 43 heavy (non-hydrogen) atoms. The lowest BCUT2D eigenvalue weighted by Crippen LogP contribution is -2.23. The number of nitrogens with one attached hydrogen (secondary N) is 3. The van der Waals surface area contributed by atoms with Crippen LogP contribution in [-0.4, -0.2) is 66.9 Å². The molecule has 2 amide bonds. The maximum Gasteiger partial charge on any atom is 0.267 e. The molecule has 11 nitrogen and oxygen atoms in total. The SMILES string of the molecule is CC(=N)C(O)CC(C)COc1cc(Cl)cc(C(=O)Nc2ccc(Cl)cn2)c1NC(=O)c1scc(CN(C)CS(=O)O)c1Cl. The number of amides is 2. The van der Waals surface area contributed by atoms with Gasteiger partial charge in [-0.15, -0.1) is 11.3 Å². The van der Waals surface area contributed by atoms with Crippen LogP contribution in [0.4, 0.5) is 11.5 Å². The number of hydrogen-bond acceptors (Lipinski definition) is 9. The zero-order valence-corrected chi connectivity index (χ0v) is 27.2. The van der Waals surface area contributed by atoms with Crippen LogP contribution >= 0.6 is 46.1 Å². The van der Waals surface area contributed by atoms with Gasteiger partial charge in [0.15, 0.2) is 11.1 Å². The summed E-state index contributed by atoms with van der Waals surface area (Å²) in [5.41, 5.74) is 0.711. The van der Waals surface area contributed by atoms with Crippen LogP contribution in [0, 0.1) is 11.3 Å². The predicted molar refractivity (Wildman–Crippen MR) is 172 cm³/mol. The summed E-state index contributed by atoms with van der Waals surface area (Å²) in [5, 5.41) is 25.4. The van der Waals surface area contributed by atoms with Crippen molar-refractivity contribution in [3.63, 3.8) is 0 Å². The van der Waals surface area contributed by atoms with Crippen LogP contribution < -0.4 is 15.4 Å². The molecule has 3 unspecified atom stereocenters. The molecule has 0 spiro atoms. The van der Waals surface area contributed by atoms with E-state index in [2.05, 4.69) is 15.6 Å². The lowest BCUT2D eigenvalue weighted by molar-refractivity contribution is 0.102. The fraction of sp³-hybridized carbons (Fsp3) is 0.333. The number of thiophene rings is 1. The summed E-state index contributed by atoms with van der Waals surface area (Å²) < 4.78 is 26.3. The number of carbonyl (C=O) groups is 2. The van der Waals surface area contributed by atoms with Crippen LogP contribution in [0.3, 0.4) is 0 Å². The van der Waals surface area contributed by atoms with Crippen LogP contribution in [-0.2, 0) is 17.6 Å². The minimum atomic E-state index is -2.04. The Hall–Kier alpha value is -2.62. The molecule has 0 bridgehead atoms. The topological polar surface area (TPSA) is 165 Å². The lowest BCUT2D eigenvalue weighted by Gasteiger charge is -2.20. The number of nitrogens with zero attached hydrogens (tertiary/aromatic N) is 2. The van der Waals surface area contributed by atoms with E-state index in [1.54, 1.807) is 23.4 Å². The van der Waals surface area contributed by atoms with Gasteiger partial charge < -0.3 is 30.4 Å². The van der Waals surface area contributed by atoms with E-state index in [0.29, 0.717) is 10.6 Å². The monoisotopic (exact) mass is 689 g/mol. The van der Waals surface area contributed by atoms with Crippen LogP contribution in [0.2, 0.25) is 15.1 Å². The third-order valence-corrected chi connectivity index (χ3v) is 8.62. The average Bonchev–Trinajstić information content (AvgIpc) is 3.28. The quantitative estimate of drug-likeness (QED) is 0.101. The van der Waals surface area contributed by atoms with Crippen molar-refractivity contribution >= 4 is 86.3 Å². The van der Waals surface area contributed by atoms with Gasteiger partial charge in [0.1, 0.15) is 22.3 Å². The van der Waals surface area contributed by atoms with E-state index in [1.807, 2.05) is 6.92 Å². The van der Waals surface area contributed by atoms with Crippen molar-refractivity contribution in [1.29, 1.82) is 5.41 Å². The molecule has 3 atom stereocenters. The molecular formula is C27H30Cl3N5O6S2. The third kappa shape index (κ3) is 10.2. The number of pyridine rings is 1. The normalized spacial score (nSPS) is 13.3. The highest BCUT2D eigenvalue weighted by atomic mass is 35.5. The summed E-state index contributed by atoms with van der Waals surface area (Å²) in [6.07, 6.45) is 0.695. The first kappa shape index (κ1) is 34.9. The second-order valence-corrected chi connectivity index (χ2v) is 12.8. The minimum absolute atomic E-state index is 0.0197. The molecule has 0 aliphatic rings. The zero-order chi connectivity index (χ0) is 31.8. The standard InChI is InChI=1S/C27H30Cl3N5O6S2/c1-14(6-20(36)15(2)31)11-41-21-8-18(29)7-19(26(37)33-22-5-4-17(28)9-32-22)24(21)34-27(38)25-23(30)16(12-42-25)10-35(3)13-43(39)40/h4-5,7-9,12,14,20,31,36H,6,10-11,13H2,1-3H3,(H,34,38)(H,39,40)(H,32,33,37). The van der Waals surface area contributed by atoms with Gasteiger partial charge in [0.25, 0.3) is 11.8 Å². The molecule has 0 aliphatic heterocycles. The van der Waals surface area contributed by atoms with Gasteiger partial charge in [-0.1, -0.05) is 41.7 Å². The first-order valence-electron chi connectivity index (χ1n) is 12.7. The molecule has 16 heteroatoms. The largest absolute Gasteiger partial charge is 0.491 e. The fourth-order valence-electron chi connectivity index (χ4n) is 3.83. The van der Waals surface area contributed by atoms with Crippen molar-refractivity contribution in [3.05, 3.63) is 66.9 Å². The first-order valence-corrected chi connectivity index (χ1v) is 16.0. The van der Waals surface area contributed by atoms with Gasteiger partial charge in [0.2, 0.25) is 0 Å². The fourth-order valence-corrected chi connectivity index (χ4v) is 5.86. The van der Waals surface area contributed by atoms with Crippen molar-refractivity contribution in [2.75, 3.05) is 30.2 Å². The Labute approximate surface area is 270 Å². The van der Waals surface area contributed by atoms with Crippen molar-refractivity contribution < 1.29 is 28.2 Å². The number of benzene rings is 1. The molecule has 3 rings (SSSR count). The van der Waals surface area contributed by atoms with E-state index in [0.717, 1.165) is 11.3 Å². The molecule has 0 saturated carbocycles. The number of aliphatic hydroxyl groups excluding tert-OH is 1. The number of rotatable bonds is 14. The Balaban J connectivity index is 1.94. The van der Waals surface area contributed by atoms with E-state index in [4.69, 9.17) is 49.5 Å². The number of halogens is 3. The number of carbonyl (C=O) groups excluding carboxylic acids is 2. The Kier molecular flexibility index (Phi) is 12.9. The van der Waals surface area contributed by atoms with Crippen LogP contribution in [0.5, 0.6) is 5.75 Å². The molecule has 2 aromatic heterocycles. The maximum atomic E-state index is 13.5. The van der Waals surface area contributed by atoms with Gasteiger partial charge in [0.05, 0.1) is 34.0 Å². The van der Waals surface area contributed by atoms with Gasteiger partial charge in [-0.25, -0.2) is 9.19 Å². The van der Waals surface area contributed by atoms with Crippen LogP contribution in [0.1, 0.15) is 45.9 Å². The predicted octanol–water partition coefficient (Wildman–Crippen LogP) is 6.02. The third-order valence-electron chi connectivity index (χ3n) is 5.95. The van der Waals surface area contributed by atoms with Gasteiger partial charge >= 0.3 is 0 Å². The van der Waals surface area contributed by atoms with Crippen molar-refractivity contribution in [1.82, 2.24) is 9.88 Å². The number of aromatic nitrogens is 1. The molecule has 232 valence electrons. The smallest absolute Gasteiger partial charge is 0.267 e. The number of hydrogen-bond donors (Lipinski definition) is 5. The van der Waals surface area contributed by atoms with E-state index in [1.165, 1.54) is 31.3 Å². The molecule has 0 saturated heterocycles. The Morgan fingerprint density at radius 2 is 1.91 bits per heavy atom. The summed E-state index contributed by atoms with van der Waals surface area (Å²) in [6.45, 7) is 3.64. The summed E-state index contributed by atoms with van der Waals surface area (Å²) >= 11 is 17.8. The molecular weight excluding hydrogens is 661 g/mol. The Bertz CT molecular complexity index is 1500. The summed E-state index contributed by atoms with van der Waals surface area (Å²) in [4.78, 5) is 32.7. The summed E-state index contributed by atoms with van der Waals surface area (Å²) in [5.74, 6) is -1.26. The second kappa shape index (κ2) is 15.9. The van der Waals surface area contributed by atoms with E-state index < -0.39 is 29.0 Å². The molecule has 0 aliphatic carbocycles. The zero-order valence-electron chi connectivity index (χ0n) is 23.3. The van der Waals surface area contributed by atoms with Crippen LogP contribution in [0.25, 0.3) is 0 Å². The lowest BCUT2D eigenvalue weighted by atomic mass is 10.0. The van der Waals surface area contributed by atoms with Gasteiger partial charge in [0, 0.05) is 29.5 Å².